The van der Waals surface area contributed by atoms with Gasteiger partial charge in [-0.15, -0.1) is 0 Å². The first kappa shape index (κ1) is 33.2. The van der Waals surface area contributed by atoms with Crippen molar-refractivity contribution < 1.29 is 4.42 Å². The third kappa shape index (κ3) is 5.24. The summed E-state index contributed by atoms with van der Waals surface area (Å²) in [6.45, 7) is 0. The summed E-state index contributed by atoms with van der Waals surface area (Å²) in [4.78, 5) is 2.46. The normalized spacial score (nSPS) is 11.9. The highest BCUT2D eigenvalue weighted by Gasteiger charge is 2.41. The van der Waals surface area contributed by atoms with Crippen LogP contribution in [0, 0.1) is 0 Å². The largest absolute Gasteiger partial charge is 0.455 e. The summed E-state index contributed by atoms with van der Waals surface area (Å²) in [5, 5.41) is 14.8. The van der Waals surface area contributed by atoms with E-state index in [1.54, 1.807) is 0 Å². The molecule has 0 fully saturated rings. The average Bonchev–Trinajstić information content (AvgIpc) is 3.68. The van der Waals surface area contributed by atoms with E-state index in [2.05, 4.69) is 223 Å². The number of nitrogens with zero attached hydrogens (tertiary/aromatic N) is 1. The van der Waals surface area contributed by atoms with Crippen molar-refractivity contribution in [1.82, 2.24) is 0 Å². The van der Waals surface area contributed by atoms with Crippen LogP contribution >= 0.6 is 0 Å². The zero-order valence-electron chi connectivity index (χ0n) is 31.2. The molecule has 0 amide bonds. The van der Waals surface area contributed by atoms with Crippen LogP contribution in [0.1, 0.15) is 0 Å². The van der Waals surface area contributed by atoms with Crippen LogP contribution in [0.25, 0.3) is 54.3 Å². The van der Waals surface area contributed by atoms with Crippen molar-refractivity contribution in [2.45, 2.75) is 0 Å². The molecule has 2 nitrogen and oxygen atoms in total. The van der Waals surface area contributed by atoms with Gasteiger partial charge in [0.25, 0.3) is 0 Å². The molecule has 3 heteroatoms. The summed E-state index contributed by atoms with van der Waals surface area (Å²) in [5.74, 6) is 0. The molecule has 11 aromatic rings. The van der Waals surface area contributed by atoms with Crippen molar-refractivity contribution in [3.63, 3.8) is 0 Å². The fourth-order valence-corrected chi connectivity index (χ4v) is 14.0. The van der Waals surface area contributed by atoms with Gasteiger partial charge in [0, 0.05) is 32.6 Å². The van der Waals surface area contributed by atoms with Crippen LogP contribution in [0.15, 0.2) is 229 Å². The van der Waals surface area contributed by atoms with E-state index in [-0.39, 0.29) is 0 Å². The Labute approximate surface area is 332 Å². The number of anilines is 3. The molecule has 0 unspecified atom stereocenters. The second-order valence-corrected chi connectivity index (χ2v) is 18.6. The van der Waals surface area contributed by atoms with Gasteiger partial charge in [-0.1, -0.05) is 188 Å². The van der Waals surface area contributed by atoms with Crippen LogP contribution in [0.3, 0.4) is 0 Å². The highest BCUT2D eigenvalue weighted by molar-refractivity contribution is 7.19. The summed E-state index contributed by atoms with van der Waals surface area (Å²) < 4.78 is 6.61. The van der Waals surface area contributed by atoms with Gasteiger partial charge in [-0.3, -0.25) is 0 Å². The summed E-state index contributed by atoms with van der Waals surface area (Å²) in [5.41, 5.74) is 5.14. The van der Waals surface area contributed by atoms with Gasteiger partial charge in [-0.25, -0.2) is 0 Å². The van der Waals surface area contributed by atoms with E-state index >= 15 is 0 Å². The van der Waals surface area contributed by atoms with Gasteiger partial charge in [0.15, 0.2) is 8.07 Å². The topological polar surface area (TPSA) is 16.4 Å². The molecule has 57 heavy (non-hydrogen) atoms. The zero-order chi connectivity index (χ0) is 37.8. The van der Waals surface area contributed by atoms with Crippen LogP contribution in [0.5, 0.6) is 0 Å². The Hall–Kier alpha value is -7.20. The molecule has 0 bridgehead atoms. The monoisotopic (exact) mass is 743 g/mol. The van der Waals surface area contributed by atoms with Crippen LogP contribution < -0.4 is 25.6 Å². The minimum atomic E-state index is -2.72. The molecular formula is C54H37NOSi. The first-order valence-electron chi connectivity index (χ1n) is 19.6. The highest BCUT2D eigenvalue weighted by atomic mass is 28.3. The molecule has 0 radical (unpaired) electrons. The standard InChI is InChI=1S/C54H37NOSi/c1-4-18-40(19-5-1)57(41-20-6-2-7-21-41,42-22-8-3-9-23-42)43-33-31-39(32-34-43)55(52-37-38-17-10-11-24-44(38)45-25-12-13-26-46(45)52)51-29-16-28-49-47(51)35-36-50-48-27-14-15-30-53(48)56-54(49)50/h1-37H. The maximum atomic E-state index is 6.61. The Balaban J connectivity index is 1.19. The van der Waals surface area contributed by atoms with E-state index in [4.69, 9.17) is 4.42 Å². The van der Waals surface area contributed by atoms with Crippen molar-refractivity contribution in [3.05, 3.63) is 224 Å². The molecule has 1 aromatic heterocycles. The van der Waals surface area contributed by atoms with Crippen molar-refractivity contribution in [2.75, 3.05) is 4.90 Å². The summed E-state index contributed by atoms with van der Waals surface area (Å²) in [6.07, 6.45) is 0. The van der Waals surface area contributed by atoms with Gasteiger partial charge in [0.1, 0.15) is 11.2 Å². The molecular weight excluding hydrogens is 707 g/mol. The van der Waals surface area contributed by atoms with Gasteiger partial charge in [-0.2, -0.15) is 0 Å². The molecule has 0 aliphatic heterocycles. The van der Waals surface area contributed by atoms with Crippen molar-refractivity contribution >= 4 is 100 Å². The number of fused-ring (bicyclic) bond motifs is 8. The quantitative estimate of drug-likeness (QED) is 0.0918. The van der Waals surface area contributed by atoms with E-state index in [1.165, 1.54) is 42.3 Å². The van der Waals surface area contributed by atoms with Crippen LogP contribution in [-0.2, 0) is 0 Å². The van der Waals surface area contributed by atoms with E-state index in [1.807, 2.05) is 6.07 Å². The van der Waals surface area contributed by atoms with Crippen LogP contribution in [-0.4, -0.2) is 8.07 Å². The minimum Gasteiger partial charge on any atom is -0.455 e. The van der Waals surface area contributed by atoms with E-state index in [0.29, 0.717) is 0 Å². The van der Waals surface area contributed by atoms with E-state index in [9.17, 15) is 0 Å². The maximum absolute atomic E-state index is 6.61. The predicted octanol–water partition coefficient (Wildman–Crippen LogP) is 11.9. The fraction of sp³-hybridized carbons (Fsp3) is 0. The lowest BCUT2D eigenvalue weighted by Crippen LogP contribution is -2.74. The van der Waals surface area contributed by atoms with E-state index < -0.39 is 8.07 Å². The first-order valence-corrected chi connectivity index (χ1v) is 21.6. The summed E-state index contributed by atoms with van der Waals surface area (Å²) >= 11 is 0. The molecule has 268 valence electrons. The maximum Gasteiger partial charge on any atom is 0.179 e. The third-order valence-corrected chi connectivity index (χ3v) is 16.6. The number of furan rings is 1. The Morgan fingerprint density at radius 2 is 0.789 bits per heavy atom. The molecule has 0 atom stereocenters. The molecule has 0 spiro atoms. The molecule has 0 saturated carbocycles. The number of hydrogen-bond donors (Lipinski definition) is 0. The lowest BCUT2D eigenvalue weighted by molar-refractivity contribution is 0.672. The van der Waals surface area contributed by atoms with Crippen molar-refractivity contribution in [3.8, 4) is 0 Å². The molecule has 0 aliphatic rings. The number of benzene rings is 10. The predicted molar refractivity (Wildman–Crippen MR) is 245 cm³/mol. The zero-order valence-corrected chi connectivity index (χ0v) is 32.2. The molecule has 0 N–H and O–H groups in total. The molecule has 0 saturated heterocycles. The minimum absolute atomic E-state index is 0.904. The van der Waals surface area contributed by atoms with Gasteiger partial charge in [0.2, 0.25) is 0 Å². The average molecular weight is 744 g/mol. The van der Waals surface area contributed by atoms with Crippen LogP contribution in [0.2, 0.25) is 0 Å². The van der Waals surface area contributed by atoms with Crippen LogP contribution in [0.4, 0.5) is 17.1 Å². The molecule has 0 aliphatic carbocycles. The first-order chi connectivity index (χ1) is 28.3. The summed E-state index contributed by atoms with van der Waals surface area (Å²) in [7, 11) is -2.72. The smallest absolute Gasteiger partial charge is 0.179 e. The van der Waals surface area contributed by atoms with Gasteiger partial charge < -0.3 is 9.32 Å². The molecule has 1 heterocycles. The Kier molecular flexibility index (Phi) is 7.87. The lowest BCUT2D eigenvalue weighted by atomic mass is 9.98. The van der Waals surface area contributed by atoms with Crippen molar-refractivity contribution in [2.24, 2.45) is 0 Å². The second kappa shape index (κ2) is 13.5. The van der Waals surface area contributed by atoms with E-state index in [0.717, 1.165) is 49.8 Å². The Morgan fingerprint density at radius 1 is 0.316 bits per heavy atom. The van der Waals surface area contributed by atoms with Gasteiger partial charge in [0.05, 0.1) is 11.4 Å². The SMILES string of the molecule is c1ccc([Si](c2ccccc2)(c2ccccc2)c2ccc(N(c3cc4ccccc4c4ccccc34)c3cccc4c3ccc3c5ccccc5oc43)cc2)cc1. The lowest BCUT2D eigenvalue weighted by Gasteiger charge is -2.35. The number of para-hydroxylation sites is 1. The Bertz CT molecular complexity index is 3130. The van der Waals surface area contributed by atoms with Gasteiger partial charge >= 0.3 is 0 Å². The second-order valence-electron chi connectivity index (χ2n) is 14.8. The molecule has 10 aromatic carbocycles. The highest BCUT2D eigenvalue weighted by Crippen LogP contribution is 2.45. The third-order valence-electron chi connectivity index (χ3n) is 11.8. The Morgan fingerprint density at radius 3 is 1.46 bits per heavy atom. The molecule has 11 rings (SSSR count). The van der Waals surface area contributed by atoms with Gasteiger partial charge in [-0.05, 0) is 73.3 Å². The number of hydrogen-bond acceptors (Lipinski definition) is 2. The number of rotatable bonds is 7. The van der Waals surface area contributed by atoms with Crippen molar-refractivity contribution in [1.29, 1.82) is 0 Å². The summed E-state index contributed by atoms with van der Waals surface area (Å²) in [6, 6.07) is 82.3. The fourth-order valence-electron chi connectivity index (χ4n) is 9.27.